The first-order valence-electron chi connectivity index (χ1n) is 8.32. The fourth-order valence-corrected chi connectivity index (χ4v) is 3.32. The number of hydrogen-bond donors (Lipinski definition) is 1. The van der Waals surface area contributed by atoms with E-state index in [4.69, 9.17) is 10.3 Å². The van der Waals surface area contributed by atoms with Crippen LogP contribution in [0.4, 0.5) is 17.6 Å². The van der Waals surface area contributed by atoms with E-state index in [-0.39, 0.29) is 23.0 Å². The van der Waals surface area contributed by atoms with E-state index in [1.165, 1.54) is 12.1 Å². The van der Waals surface area contributed by atoms with Gasteiger partial charge in [0.1, 0.15) is 5.82 Å². The highest BCUT2D eigenvalue weighted by Crippen LogP contribution is 2.39. The molecule has 3 aromatic rings. The number of aromatic nitrogens is 4. The molecule has 1 aromatic carbocycles. The fraction of sp³-hybridized carbons (Fsp3) is 0.353. The molecule has 4 rings (SSSR count). The normalized spacial score (nSPS) is 16.8. The SMILES string of the molecule is NC1(c2noc(-c3cnn(-c4ccc(F)cc4)c3C(F)(F)F)n2)CCCC1. The Bertz CT molecular complexity index is 955. The lowest BCUT2D eigenvalue weighted by atomic mass is 9.99. The van der Waals surface area contributed by atoms with Gasteiger partial charge in [-0.15, -0.1) is 0 Å². The van der Waals surface area contributed by atoms with E-state index >= 15 is 0 Å². The zero-order chi connectivity index (χ0) is 19.2. The summed E-state index contributed by atoms with van der Waals surface area (Å²) in [6.45, 7) is 0. The molecule has 0 atom stereocenters. The van der Waals surface area contributed by atoms with E-state index in [0.717, 1.165) is 31.2 Å². The molecule has 0 radical (unpaired) electrons. The van der Waals surface area contributed by atoms with E-state index < -0.39 is 23.2 Å². The van der Waals surface area contributed by atoms with Gasteiger partial charge >= 0.3 is 6.18 Å². The van der Waals surface area contributed by atoms with Crippen LogP contribution in [0.1, 0.15) is 37.2 Å². The molecule has 2 heterocycles. The van der Waals surface area contributed by atoms with Crippen molar-refractivity contribution in [2.24, 2.45) is 5.73 Å². The summed E-state index contributed by atoms with van der Waals surface area (Å²) in [5, 5.41) is 7.60. The molecule has 0 bridgehead atoms. The van der Waals surface area contributed by atoms with Crippen LogP contribution in [0, 0.1) is 5.82 Å². The molecule has 1 fully saturated rings. The lowest BCUT2D eigenvalue weighted by Crippen LogP contribution is -2.34. The molecule has 142 valence electrons. The van der Waals surface area contributed by atoms with Crippen molar-refractivity contribution in [2.75, 3.05) is 0 Å². The standard InChI is InChI=1S/C17H15F4N5O/c18-10-3-5-11(6-4-10)26-13(17(19,20)21)12(9-23-26)14-24-15(25-27-14)16(22)7-1-2-8-16/h3-6,9H,1-2,7-8,22H2. The Balaban J connectivity index is 1.80. The highest BCUT2D eigenvalue weighted by molar-refractivity contribution is 5.58. The smallest absolute Gasteiger partial charge is 0.334 e. The molecular formula is C17H15F4N5O. The minimum absolute atomic E-state index is 0.0563. The molecule has 0 spiro atoms. The zero-order valence-corrected chi connectivity index (χ0v) is 14.0. The van der Waals surface area contributed by atoms with Crippen molar-refractivity contribution in [1.82, 2.24) is 19.9 Å². The summed E-state index contributed by atoms with van der Waals surface area (Å²) in [4.78, 5) is 4.11. The summed E-state index contributed by atoms with van der Waals surface area (Å²) in [6, 6.07) is 4.52. The molecule has 6 nitrogen and oxygen atoms in total. The van der Waals surface area contributed by atoms with Crippen LogP contribution in [-0.2, 0) is 11.7 Å². The molecular weight excluding hydrogens is 366 g/mol. The predicted octanol–water partition coefficient (Wildman–Crippen LogP) is 3.81. The zero-order valence-electron chi connectivity index (χ0n) is 14.0. The Morgan fingerprint density at radius 3 is 2.41 bits per heavy atom. The highest BCUT2D eigenvalue weighted by Gasteiger charge is 2.42. The summed E-state index contributed by atoms with van der Waals surface area (Å²) in [6.07, 6.45) is -0.656. The Hall–Kier alpha value is -2.75. The number of benzene rings is 1. The first kappa shape index (κ1) is 17.7. The van der Waals surface area contributed by atoms with Gasteiger partial charge in [-0.2, -0.15) is 23.3 Å². The maximum atomic E-state index is 13.7. The molecule has 0 saturated heterocycles. The summed E-state index contributed by atoms with van der Waals surface area (Å²) < 4.78 is 60.0. The second-order valence-electron chi connectivity index (χ2n) is 6.58. The third-order valence-electron chi connectivity index (χ3n) is 4.71. The quantitative estimate of drug-likeness (QED) is 0.698. The molecule has 10 heteroatoms. The first-order chi connectivity index (χ1) is 12.8. The number of nitrogens with two attached hydrogens (primary N) is 1. The summed E-state index contributed by atoms with van der Waals surface area (Å²) in [5.74, 6) is -0.675. The van der Waals surface area contributed by atoms with Crippen molar-refractivity contribution >= 4 is 0 Å². The van der Waals surface area contributed by atoms with Crippen LogP contribution in [0.15, 0.2) is 35.0 Å². The Morgan fingerprint density at radius 1 is 1.11 bits per heavy atom. The van der Waals surface area contributed by atoms with Crippen molar-refractivity contribution < 1.29 is 22.1 Å². The minimum atomic E-state index is -4.75. The van der Waals surface area contributed by atoms with Gasteiger partial charge < -0.3 is 10.3 Å². The van der Waals surface area contributed by atoms with Gasteiger partial charge in [-0.25, -0.2) is 9.07 Å². The van der Waals surface area contributed by atoms with Gasteiger partial charge in [0.05, 0.1) is 23.0 Å². The van der Waals surface area contributed by atoms with Gasteiger partial charge in [0.25, 0.3) is 5.89 Å². The molecule has 0 unspecified atom stereocenters. The monoisotopic (exact) mass is 381 g/mol. The summed E-state index contributed by atoms with van der Waals surface area (Å²) in [5.41, 5.74) is 4.08. The number of alkyl halides is 3. The van der Waals surface area contributed by atoms with Crippen molar-refractivity contribution in [3.8, 4) is 17.1 Å². The molecule has 2 aromatic heterocycles. The minimum Gasteiger partial charge on any atom is -0.334 e. The van der Waals surface area contributed by atoms with Crippen LogP contribution in [0.2, 0.25) is 0 Å². The predicted molar refractivity (Wildman–Crippen MR) is 86.1 cm³/mol. The molecule has 1 aliphatic carbocycles. The van der Waals surface area contributed by atoms with Crippen molar-refractivity contribution in [3.05, 3.63) is 47.8 Å². The number of rotatable bonds is 3. The van der Waals surface area contributed by atoms with Crippen molar-refractivity contribution in [1.29, 1.82) is 0 Å². The average Bonchev–Trinajstić information content (AvgIpc) is 3.33. The first-order valence-corrected chi connectivity index (χ1v) is 8.32. The van der Waals surface area contributed by atoms with Crippen LogP contribution in [0.25, 0.3) is 17.1 Å². The Kier molecular flexibility index (Phi) is 4.02. The van der Waals surface area contributed by atoms with E-state index in [9.17, 15) is 17.6 Å². The van der Waals surface area contributed by atoms with Crippen molar-refractivity contribution in [2.45, 2.75) is 37.4 Å². The largest absolute Gasteiger partial charge is 0.434 e. The van der Waals surface area contributed by atoms with Crippen LogP contribution >= 0.6 is 0 Å². The Morgan fingerprint density at radius 2 is 1.78 bits per heavy atom. The van der Waals surface area contributed by atoms with Gasteiger partial charge in [0.15, 0.2) is 11.5 Å². The van der Waals surface area contributed by atoms with Gasteiger partial charge in [-0.1, -0.05) is 18.0 Å². The maximum Gasteiger partial charge on any atom is 0.434 e. The Labute approximate surface area is 151 Å². The second kappa shape index (κ2) is 6.15. The molecule has 1 aliphatic rings. The maximum absolute atomic E-state index is 13.7. The fourth-order valence-electron chi connectivity index (χ4n) is 3.32. The molecule has 0 aliphatic heterocycles. The highest BCUT2D eigenvalue weighted by atomic mass is 19.4. The van der Waals surface area contributed by atoms with E-state index in [0.29, 0.717) is 17.5 Å². The molecule has 2 N–H and O–H groups in total. The van der Waals surface area contributed by atoms with Gasteiger partial charge in [0.2, 0.25) is 0 Å². The number of nitrogens with zero attached hydrogens (tertiary/aromatic N) is 4. The molecule has 0 amide bonds. The third-order valence-corrected chi connectivity index (χ3v) is 4.71. The molecule has 27 heavy (non-hydrogen) atoms. The van der Waals surface area contributed by atoms with Gasteiger partial charge in [-0.3, -0.25) is 0 Å². The van der Waals surface area contributed by atoms with Gasteiger partial charge in [-0.05, 0) is 37.1 Å². The number of halogens is 4. The number of hydrogen-bond acceptors (Lipinski definition) is 5. The van der Waals surface area contributed by atoms with Crippen LogP contribution < -0.4 is 5.73 Å². The third kappa shape index (κ3) is 3.09. The lowest BCUT2D eigenvalue weighted by molar-refractivity contribution is -0.142. The van der Waals surface area contributed by atoms with E-state index in [2.05, 4.69) is 15.2 Å². The lowest BCUT2D eigenvalue weighted by Gasteiger charge is -2.17. The van der Waals surface area contributed by atoms with Gasteiger partial charge in [0, 0.05) is 0 Å². The summed E-state index contributed by atoms with van der Waals surface area (Å²) >= 11 is 0. The van der Waals surface area contributed by atoms with E-state index in [1.807, 2.05) is 0 Å². The van der Waals surface area contributed by atoms with Crippen LogP contribution in [0.5, 0.6) is 0 Å². The van der Waals surface area contributed by atoms with Crippen molar-refractivity contribution in [3.63, 3.8) is 0 Å². The topological polar surface area (TPSA) is 82.8 Å². The average molecular weight is 381 g/mol. The second-order valence-corrected chi connectivity index (χ2v) is 6.58. The van der Waals surface area contributed by atoms with E-state index in [1.54, 1.807) is 0 Å². The summed E-state index contributed by atoms with van der Waals surface area (Å²) in [7, 11) is 0. The van der Waals surface area contributed by atoms with Crippen LogP contribution in [0.3, 0.4) is 0 Å². The van der Waals surface area contributed by atoms with Crippen LogP contribution in [-0.4, -0.2) is 19.9 Å². The molecule has 1 saturated carbocycles.